The minimum atomic E-state index is -1.08. The van der Waals surface area contributed by atoms with Gasteiger partial charge < -0.3 is 19.3 Å². The lowest BCUT2D eigenvalue weighted by Crippen LogP contribution is -2.03. The Morgan fingerprint density at radius 1 is 1.25 bits per heavy atom. The molecule has 20 heavy (non-hydrogen) atoms. The van der Waals surface area contributed by atoms with E-state index in [2.05, 4.69) is 4.98 Å². The van der Waals surface area contributed by atoms with Gasteiger partial charge in [-0.3, -0.25) is 4.98 Å². The minimum Gasteiger partial charge on any atom is -0.488 e. The maximum absolute atomic E-state index is 11.2. The average Bonchev–Trinajstić information content (AvgIpc) is 2.92. The first-order chi connectivity index (χ1) is 9.74. The molecule has 0 radical (unpaired) electrons. The summed E-state index contributed by atoms with van der Waals surface area (Å²) in [4.78, 5) is 15.2. The predicted octanol–water partition coefficient (Wildman–Crippen LogP) is 2.09. The maximum Gasteiger partial charge on any atom is 0.339 e. The van der Waals surface area contributed by atoms with Crippen LogP contribution in [0, 0.1) is 0 Å². The Kier molecular flexibility index (Phi) is 3.12. The van der Waals surface area contributed by atoms with Gasteiger partial charge in [-0.05, 0) is 17.7 Å². The van der Waals surface area contributed by atoms with Crippen molar-refractivity contribution in [3.05, 3.63) is 47.8 Å². The van der Waals surface area contributed by atoms with E-state index in [0.29, 0.717) is 11.5 Å². The molecule has 1 aromatic heterocycles. The number of aromatic nitrogens is 1. The van der Waals surface area contributed by atoms with Gasteiger partial charge in [0.2, 0.25) is 6.79 Å². The molecule has 0 aliphatic carbocycles. The molecular weight excluding hydrogens is 262 g/mol. The number of pyridine rings is 1. The Morgan fingerprint density at radius 3 is 2.65 bits per heavy atom. The Morgan fingerprint density at radius 2 is 1.95 bits per heavy atom. The van der Waals surface area contributed by atoms with Crippen molar-refractivity contribution in [1.29, 1.82) is 0 Å². The van der Waals surface area contributed by atoms with E-state index in [0.717, 1.165) is 5.56 Å². The summed E-state index contributed by atoms with van der Waals surface area (Å²) in [5, 5.41) is 9.21. The van der Waals surface area contributed by atoms with Crippen molar-refractivity contribution in [1.82, 2.24) is 4.98 Å². The molecule has 6 nitrogen and oxygen atoms in total. The molecule has 1 aliphatic rings. The highest BCUT2D eigenvalue weighted by atomic mass is 16.7. The summed E-state index contributed by atoms with van der Waals surface area (Å²) >= 11 is 0. The van der Waals surface area contributed by atoms with E-state index < -0.39 is 5.97 Å². The molecule has 3 rings (SSSR count). The average molecular weight is 273 g/mol. The summed E-state index contributed by atoms with van der Waals surface area (Å²) in [6.45, 7) is 0.338. The lowest BCUT2D eigenvalue weighted by molar-refractivity contribution is 0.0691. The number of nitrogens with zero attached hydrogens (tertiary/aromatic N) is 1. The Hall–Kier alpha value is -2.76. The fourth-order valence-corrected chi connectivity index (χ4v) is 1.85. The number of fused-ring (bicyclic) bond motifs is 1. The lowest BCUT2D eigenvalue weighted by Gasteiger charge is -2.10. The Labute approximate surface area is 114 Å². The third-order valence-corrected chi connectivity index (χ3v) is 2.85. The molecule has 0 fully saturated rings. The molecule has 0 amide bonds. The van der Waals surface area contributed by atoms with Crippen LogP contribution in [0.25, 0.3) is 0 Å². The van der Waals surface area contributed by atoms with Crippen molar-refractivity contribution in [2.45, 2.75) is 6.61 Å². The second-order valence-electron chi connectivity index (χ2n) is 4.15. The first-order valence-electron chi connectivity index (χ1n) is 5.92. The van der Waals surface area contributed by atoms with Crippen LogP contribution >= 0.6 is 0 Å². The molecule has 1 aromatic carbocycles. The van der Waals surface area contributed by atoms with Crippen LogP contribution in [0.1, 0.15) is 15.9 Å². The number of rotatable bonds is 4. The van der Waals surface area contributed by atoms with E-state index in [-0.39, 0.29) is 24.7 Å². The van der Waals surface area contributed by atoms with Gasteiger partial charge >= 0.3 is 5.97 Å². The Bertz CT molecular complexity index is 642. The third-order valence-electron chi connectivity index (χ3n) is 2.85. The van der Waals surface area contributed by atoms with E-state index in [1.54, 1.807) is 24.5 Å². The molecule has 1 N–H and O–H groups in total. The first kappa shape index (κ1) is 12.3. The summed E-state index contributed by atoms with van der Waals surface area (Å²) < 4.78 is 15.9. The van der Waals surface area contributed by atoms with Gasteiger partial charge in [-0.2, -0.15) is 0 Å². The molecule has 2 heterocycles. The highest BCUT2D eigenvalue weighted by Crippen LogP contribution is 2.38. The van der Waals surface area contributed by atoms with Crippen LogP contribution in [0.2, 0.25) is 0 Å². The number of ether oxygens (including phenoxy) is 3. The summed E-state index contributed by atoms with van der Waals surface area (Å²) in [6, 6.07) is 6.54. The first-order valence-corrected chi connectivity index (χ1v) is 5.92. The van der Waals surface area contributed by atoms with Gasteiger partial charge in [-0.25, -0.2) is 4.79 Å². The summed E-state index contributed by atoms with van der Waals surface area (Å²) in [5.41, 5.74) is 0.942. The quantitative estimate of drug-likeness (QED) is 0.919. The molecule has 0 saturated carbocycles. The second-order valence-corrected chi connectivity index (χ2v) is 4.15. The van der Waals surface area contributed by atoms with Crippen molar-refractivity contribution in [2.24, 2.45) is 0 Å². The van der Waals surface area contributed by atoms with E-state index in [9.17, 15) is 9.90 Å². The van der Waals surface area contributed by atoms with Gasteiger partial charge in [-0.15, -0.1) is 0 Å². The van der Waals surface area contributed by atoms with Crippen LogP contribution in [-0.4, -0.2) is 22.9 Å². The van der Waals surface area contributed by atoms with Crippen LogP contribution in [0.4, 0.5) is 0 Å². The number of hydrogen-bond donors (Lipinski definition) is 1. The summed E-state index contributed by atoms with van der Waals surface area (Å²) in [6.07, 6.45) is 3.30. The van der Waals surface area contributed by atoms with Crippen LogP contribution in [0.3, 0.4) is 0 Å². The zero-order chi connectivity index (χ0) is 13.9. The molecule has 0 bridgehead atoms. The number of benzene rings is 1. The number of carboxylic acids is 1. The molecule has 102 valence electrons. The monoisotopic (exact) mass is 273 g/mol. The number of carboxylic acid groups (broad SMARTS) is 1. The molecule has 6 heteroatoms. The minimum absolute atomic E-state index is 0.0447. The van der Waals surface area contributed by atoms with E-state index in [1.807, 2.05) is 0 Å². The van der Waals surface area contributed by atoms with Gasteiger partial charge in [0, 0.05) is 24.5 Å². The van der Waals surface area contributed by atoms with Gasteiger partial charge in [0.05, 0.1) is 0 Å². The normalized spacial score (nSPS) is 12.2. The van der Waals surface area contributed by atoms with Crippen LogP contribution in [0.5, 0.6) is 17.2 Å². The predicted molar refractivity (Wildman–Crippen MR) is 68.1 cm³/mol. The zero-order valence-corrected chi connectivity index (χ0v) is 10.4. The SMILES string of the molecule is O=C(O)c1cc2c(cc1OCc1ccncc1)OCO2. The second kappa shape index (κ2) is 5.08. The molecule has 2 aromatic rings. The molecule has 0 spiro atoms. The molecule has 1 aliphatic heterocycles. The maximum atomic E-state index is 11.2. The fourth-order valence-electron chi connectivity index (χ4n) is 1.85. The van der Waals surface area contributed by atoms with Crippen molar-refractivity contribution in [3.8, 4) is 17.2 Å². The third kappa shape index (κ3) is 2.35. The van der Waals surface area contributed by atoms with Crippen molar-refractivity contribution in [3.63, 3.8) is 0 Å². The molecule has 0 atom stereocenters. The van der Waals surface area contributed by atoms with E-state index in [4.69, 9.17) is 14.2 Å². The topological polar surface area (TPSA) is 77.9 Å². The summed E-state index contributed by atoms with van der Waals surface area (Å²) in [5.74, 6) is 0.0741. The van der Waals surface area contributed by atoms with E-state index >= 15 is 0 Å². The largest absolute Gasteiger partial charge is 0.488 e. The fraction of sp³-hybridized carbons (Fsp3) is 0.143. The molecule has 0 saturated heterocycles. The van der Waals surface area contributed by atoms with Crippen molar-refractivity contribution >= 4 is 5.97 Å². The van der Waals surface area contributed by atoms with Gasteiger partial charge in [0.1, 0.15) is 17.9 Å². The van der Waals surface area contributed by atoms with Crippen molar-refractivity contribution in [2.75, 3.05) is 6.79 Å². The van der Waals surface area contributed by atoms with Gasteiger partial charge in [0.15, 0.2) is 11.5 Å². The Balaban J connectivity index is 1.86. The molecule has 0 unspecified atom stereocenters. The van der Waals surface area contributed by atoms with E-state index in [1.165, 1.54) is 12.1 Å². The van der Waals surface area contributed by atoms with Crippen LogP contribution in [-0.2, 0) is 6.61 Å². The zero-order valence-electron chi connectivity index (χ0n) is 10.4. The smallest absolute Gasteiger partial charge is 0.339 e. The summed E-state index contributed by atoms with van der Waals surface area (Å²) in [7, 11) is 0. The standard InChI is InChI=1S/C14H11NO5/c16-14(17)10-5-12-13(20-8-19-12)6-11(10)18-7-9-1-3-15-4-2-9/h1-6H,7-8H2,(H,16,17). The number of hydrogen-bond acceptors (Lipinski definition) is 5. The lowest BCUT2D eigenvalue weighted by atomic mass is 10.1. The highest BCUT2D eigenvalue weighted by molar-refractivity contribution is 5.92. The highest BCUT2D eigenvalue weighted by Gasteiger charge is 2.21. The van der Waals surface area contributed by atoms with Crippen LogP contribution in [0.15, 0.2) is 36.7 Å². The molecular formula is C14H11NO5. The number of aromatic carboxylic acids is 1. The number of carbonyl (C=O) groups is 1. The van der Waals surface area contributed by atoms with Crippen LogP contribution < -0.4 is 14.2 Å². The van der Waals surface area contributed by atoms with Gasteiger partial charge in [0.25, 0.3) is 0 Å². The van der Waals surface area contributed by atoms with Gasteiger partial charge in [-0.1, -0.05) is 0 Å². The van der Waals surface area contributed by atoms with Crippen molar-refractivity contribution < 1.29 is 24.1 Å².